The highest BCUT2D eigenvalue weighted by atomic mass is 32.2. The van der Waals surface area contributed by atoms with E-state index in [4.69, 9.17) is 10.6 Å². The number of allylic oxidation sites excluding steroid dienone is 1. The zero-order valence-electron chi connectivity index (χ0n) is 22.5. The Labute approximate surface area is 254 Å². The number of nitro benzene ring substituents is 2. The topological polar surface area (TPSA) is 271 Å². The number of carboxylic acid groups (broad SMARTS) is 2. The summed E-state index contributed by atoms with van der Waals surface area (Å²) in [5, 5.41) is 48.8. The second-order valence-electron chi connectivity index (χ2n) is 9.52. The lowest BCUT2D eigenvalue weighted by Gasteiger charge is -2.49. The maximum atomic E-state index is 13.2. The number of nitrogens with zero attached hydrogens (tertiary/aromatic N) is 5. The maximum Gasteiger partial charge on any atom is 0.352 e. The largest absolute Gasteiger partial charge is 0.478 e. The minimum absolute atomic E-state index is 0.0360. The molecule has 0 spiro atoms. The van der Waals surface area contributed by atoms with Crippen molar-refractivity contribution in [1.82, 2.24) is 15.2 Å². The molecule has 5 N–H and O–H groups in total. The molecule has 2 aliphatic rings. The molecule has 0 saturated carbocycles. The van der Waals surface area contributed by atoms with Crippen LogP contribution in [0.4, 0.5) is 16.5 Å². The molecule has 1 unspecified atom stereocenters. The van der Waals surface area contributed by atoms with Crippen molar-refractivity contribution < 1.29 is 44.1 Å². The number of carboxylic acids is 2. The lowest BCUT2D eigenvalue weighted by Crippen LogP contribution is -2.71. The summed E-state index contributed by atoms with van der Waals surface area (Å²) in [6.07, 6.45) is 2.19. The summed E-state index contributed by atoms with van der Waals surface area (Å²) in [5.41, 5.74) is 1.31. The molecule has 18 nitrogen and oxygen atoms in total. The zero-order valence-corrected chi connectivity index (χ0v) is 24.2. The molecule has 2 aromatic rings. The third-order valence-corrected chi connectivity index (χ3v) is 8.23. The first kappa shape index (κ1) is 31.6. The van der Waals surface area contributed by atoms with Gasteiger partial charge in [-0.1, -0.05) is 11.2 Å². The molecule has 3 heterocycles. The van der Waals surface area contributed by atoms with Crippen molar-refractivity contribution in [3.63, 3.8) is 0 Å². The van der Waals surface area contributed by atoms with Crippen LogP contribution in [0, 0.1) is 20.2 Å². The van der Waals surface area contributed by atoms with Crippen LogP contribution in [0.2, 0.25) is 0 Å². The predicted molar refractivity (Wildman–Crippen MR) is 154 cm³/mol. The predicted octanol–water partition coefficient (Wildman–Crippen LogP) is 1.58. The molecule has 1 saturated heterocycles. The third kappa shape index (κ3) is 6.06. The summed E-state index contributed by atoms with van der Waals surface area (Å²) in [6, 6.07) is 2.02. The van der Waals surface area contributed by atoms with Gasteiger partial charge in [0.25, 0.3) is 23.2 Å². The Bertz CT molecular complexity index is 1670. The van der Waals surface area contributed by atoms with Gasteiger partial charge in [-0.25, -0.2) is 14.6 Å². The molecular formula is C24H21N7O11S2. The number of rotatable bonds is 11. The number of carbonyl (C=O) groups is 4. The first-order valence-corrected chi connectivity index (χ1v) is 14.1. The quantitative estimate of drug-likeness (QED) is 0.117. The Morgan fingerprint density at radius 1 is 1.20 bits per heavy atom. The molecule has 4 rings (SSSR count). The van der Waals surface area contributed by atoms with Crippen molar-refractivity contribution >= 4 is 75.1 Å². The van der Waals surface area contributed by atoms with Crippen LogP contribution in [0.15, 0.2) is 46.1 Å². The molecule has 2 atom stereocenters. The number of aromatic nitrogens is 1. The highest BCUT2D eigenvalue weighted by Crippen LogP contribution is 2.41. The first-order chi connectivity index (χ1) is 20.6. The number of nitrogen functional groups attached to an aromatic ring is 1. The van der Waals surface area contributed by atoms with Crippen molar-refractivity contribution in [2.45, 2.75) is 30.9 Å². The summed E-state index contributed by atoms with van der Waals surface area (Å²) in [6.45, 7) is 2.38. The van der Waals surface area contributed by atoms with Crippen LogP contribution in [-0.4, -0.2) is 82.2 Å². The van der Waals surface area contributed by atoms with Gasteiger partial charge in [-0.15, -0.1) is 23.1 Å². The molecule has 0 radical (unpaired) electrons. The molecule has 1 fully saturated rings. The molecule has 230 valence electrons. The summed E-state index contributed by atoms with van der Waals surface area (Å²) in [7, 11) is 0. The molecule has 1 aromatic heterocycles. The average Bonchev–Trinajstić information content (AvgIpc) is 3.39. The molecule has 1 aromatic carbocycles. The zero-order chi connectivity index (χ0) is 32.5. The fraction of sp³-hybridized carbons (Fsp3) is 0.250. The fourth-order valence-corrected chi connectivity index (χ4v) is 5.86. The number of nitrogens with one attached hydrogen (secondary N) is 1. The van der Waals surface area contributed by atoms with Gasteiger partial charge < -0.3 is 26.1 Å². The number of aliphatic carboxylic acids is 2. The molecule has 2 amide bonds. The first-order valence-electron chi connectivity index (χ1n) is 12.2. The van der Waals surface area contributed by atoms with E-state index in [0.717, 1.165) is 58.3 Å². The number of amides is 2. The normalized spacial score (nSPS) is 18.5. The SMILES string of the molecule is CC(C)(ON=C(C(=O)NC1C(=O)N2C(C(=O)O)=C(C=Cc3c([N+](=O)[O-])cccc3[N+](=O)[O-])CS[C@@H]12)c1csc(N)n1)C(=O)O. The lowest BCUT2D eigenvalue weighted by molar-refractivity contribution is -0.394. The van der Waals surface area contributed by atoms with Crippen molar-refractivity contribution in [3.05, 3.63) is 72.4 Å². The average molecular weight is 648 g/mol. The van der Waals surface area contributed by atoms with E-state index < -0.39 is 73.4 Å². The number of anilines is 1. The second-order valence-corrected chi connectivity index (χ2v) is 11.5. The number of benzene rings is 1. The summed E-state index contributed by atoms with van der Waals surface area (Å²) >= 11 is 2.01. The monoisotopic (exact) mass is 647 g/mol. The second kappa shape index (κ2) is 12.1. The van der Waals surface area contributed by atoms with Gasteiger partial charge in [-0.05, 0) is 31.6 Å². The summed E-state index contributed by atoms with van der Waals surface area (Å²) in [5.74, 6) is -4.75. The van der Waals surface area contributed by atoms with Gasteiger partial charge in [0.05, 0.1) is 9.85 Å². The maximum absolute atomic E-state index is 13.2. The molecule has 44 heavy (non-hydrogen) atoms. The number of nitro groups is 2. The van der Waals surface area contributed by atoms with Crippen molar-refractivity contribution in [2.75, 3.05) is 11.5 Å². The van der Waals surface area contributed by atoms with Crippen LogP contribution < -0.4 is 11.1 Å². The van der Waals surface area contributed by atoms with Crippen LogP contribution in [-0.2, 0) is 24.0 Å². The third-order valence-electron chi connectivity index (χ3n) is 6.25. The van der Waals surface area contributed by atoms with Crippen LogP contribution in [0.1, 0.15) is 25.1 Å². The number of hydrogen-bond acceptors (Lipinski definition) is 14. The molecule has 2 aliphatic heterocycles. The minimum atomic E-state index is -1.83. The van der Waals surface area contributed by atoms with Crippen LogP contribution in [0.5, 0.6) is 0 Å². The van der Waals surface area contributed by atoms with E-state index in [0.29, 0.717) is 0 Å². The van der Waals surface area contributed by atoms with E-state index in [1.807, 2.05) is 0 Å². The number of nitrogens with two attached hydrogens (primary N) is 1. The van der Waals surface area contributed by atoms with Crippen LogP contribution in [0.3, 0.4) is 0 Å². The van der Waals surface area contributed by atoms with Crippen LogP contribution in [0.25, 0.3) is 6.08 Å². The number of oxime groups is 1. The summed E-state index contributed by atoms with van der Waals surface area (Å²) in [4.78, 5) is 81.2. The number of hydrogen-bond donors (Lipinski definition) is 4. The molecule has 20 heteroatoms. The van der Waals surface area contributed by atoms with E-state index in [1.54, 1.807) is 0 Å². The standard InChI is InChI=1S/C24H21N7O11S2/c1-24(2,22(36)37)42-28-15(12-9-44-23(25)26-12)18(32)27-16-19(33)29-17(21(34)35)10(8-43-20(16)29)6-7-11-13(30(38)39)4-3-5-14(11)31(40)41/h3-7,9,16,20H,8H2,1-2H3,(H2,25,26)(H,27,32)(H,34,35)(H,36,37)/t16?,20-/m0/s1. The lowest BCUT2D eigenvalue weighted by atomic mass is 10.0. The molecule has 0 aliphatic carbocycles. The number of β-lactam (4-membered cyclic amide) rings is 1. The van der Waals surface area contributed by atoms with Gasteiger partial charge >= 0.3 is 11.9 Å². The van der Waals surface area contributed by atoms with Gasteiger partial charge in [-0.3, -0.25) is 34.7 Å². The Hall–Kier alpha value is -5.37. The number of fused-ring (bicyclic) bond motifs is 1. The Balaban J connectivity index is 1.61. The minimum Gasteiger partial charge on any atom is -0.478 e. The van der Waals surface area contributed by atoms with Gasteiger partial charge in [0.1, 0.15) is 28.4 Å². The van der Waals surface area contributed by atoms with Gasteiger partial charge in [0.2, 0.25) is 5.60 Å². The highest BCUT2D eigenvalue weighted by Gasteiger charge is 2.54. The Morgan fingerprint density at radius 3 is 2.36 bits per heavy atom. The number of thioether (sulfide) groups is 1. The fourth-order valence-electron chi connectivity index (χ4n) is 3.99. The van der Waals surface area contributed by atoms with E-state index >= 15 is 0 Å². The van der Waals surface area contributed by atoms with Crippen LogP contribution >= 0.6 is 23.1 Å². The smallest absolute Gasteiger partial charge is 0.352 e. The van der Waals surface area contributed by atoms with E-state index in [1.165, 1.54) is 19.2 Å². The van der Waals surface area contributed by atoms with E-state index in [-0.39, 0.29) is 27.7 Å². The Morgan fingerprint density at radius 2 is 1.84 bits per heavy atom. The van der Waals surface area contributed by atoms with Crippen molar-refractivity contribution in [3.8, 4) is 0 Å². The van der Waals surface area contributed by atoms with Gasteiger partial charge in [0, 0.05) is 23.3 Å². The number of thiazole rings is 1. The molecular weight excluding hydrogens is 626 g/mol. The van der Waals surface area contributed by atoms with E-state index in [2.05, 4.69) is 15.5 Å². The molecule has 0 bridgehead atoms. The van der Waals surface area contributed by atoms with Crippen molar-refractivity contribution in [1.29, 1.82) is 0 Å². The Kier molecular flexibility index (Phi) is 8.67. The van der Waals surface area contributed by atoms with E-state index in [9.17, 15) is 49.6 Å². The van der Waals surface area contributed by atoms with Gasteiger partial charge in [-0.2, -0.15) is 0 Å². The highest BCUT2D eigenvalue weighted by molar-refractivity contribution is 8.00. The van der Waals surface area contributed by atoms with Gasteiger partial charge in [0.15, 0.2) is 10.8 Å². The van der Waals surface area contributed by atoms with Crippen molar-refractivity contribution in [2.24, 2.45) is 5.16 Å². The number of carbonyl (C=O) groups excluding carboxylic acids is 2. The summed E-state index contributed by atoms with van der Waals surface area (Å²) < 4.78 is 0.